The van der Waals surface area contributed by atoms with Crippen LogP contribution < -0.4 is 5.32 Å². The lowest BCUT2D eigenvalue weighted by Gasteiger charge is -1.96. The van der Waals surface area contributed by atoms with Crippen molar-refractivity contribution in [3.63, 3.8) is 0 Å². The number of methoxy groups -OCH3 is 1. The highest BCUT2D eigenvalue weighted by atomic mass is 16.5. The molecule has 0 heterocycles. The summed E-state index contributed by atoms with van der Waals surface area (Å²) in [5.74, 6) is -0.706. The van der Waals surface area contributed by atoms with E-state index in [0.29, 0.717) is 12.2 Å². The Morgan fingerprint density at radius 2 is 1.76 bits per heavy atom. The summed E-state index contributed by atoms with van der Waals surface area (Å²) in [5, 5.41) is 2.75. The van der Waals surface area contributed by atoms with Crippen LogP contribution in [0.1, 0.15) is 13.8 Å². The molecular weight excluding hydrogens is 222 g/mol. The van der Waals surface area contributed by atoms with E-state index in [1.807, 2.05) is 14.1 Å². The second-order valence-electron chi connectivity index (χ2n) is 2.73. The first-order chi connectivity index (χ1) is 7.90. The molecule has 0 aromatic carbocycles. The topological polar surface area (TPSA) is 64.6 Å². The first kappa shape index (κ1) is 20.8. The van der Waals surface area contributed by atoms with Gasteiger partial charge in [0.1, 0.15) is 0 Å². The highest BCUT2D eigenvalue weighted by molar-refractivity contribution is 5.86. The van der Waals surface area contributed by atoms with E-state index < -0.39 is 5.97 Å². The molecule has 0 saturated carbocycles. The van der Waals surface area contributed by atoms with Crippen molar-refractivity contribution in [2.45, 2.75) is 13.8 Å². The smallest absolute Gasteiger partial charge is 0.333 e. The molecule has 0 radical (unpaired) electrons. The Kier molecular flexibility index (Phi) is 20.5. The van der Waals surface area contributed by atoms with Crippen LogP contribution in [0.4, 0.5) is 0 Å². The van der Waals surface area contributed by atoms with Crippen LogP contribution in [0, 0.1) is 0 Å². The molecule has 0 saturated heterocycles. The van der Waals surface area contributed by atoms with E-state index >= 15 is 0 Å². The average molecular weight is 245 g/mol. The second kappa shape index (κ2) is 16.8. The summed E-state index contributed by atoms with van der Waals surface area (Å²) < 4.78 is 8.71. The number of ether oxygens (including phenoxy) is 2. The molecule has 0 spiro atoms. The minimum atomic E-state index is -0.394. The van der Waals surface area contributed by atoms with Crippen molar-refractivity contribution in [1.29, 1.82) is 0 Å². The molecule has 100 valence electrons. The summed E-state index contributed by atoms with van der Waals surface area (Å²) >= 11 is 0. The first-order valence-electron chi connectivity index (χ1n) is 5.02. The van der Waals surface area contributed by atoms with E-state index in [0.717, 1.165) is 6.08 Å². The molecule has 0 aliphatic carbocycles. The Labute approximate surface area is 103 Å². The highest BCUT2D eigenvalue weighted by Gasteiger charge is 1.98. The van der Waals surface area contributed by atoms with Gasteiger partial charge in [-0.2, -0.15) is 0 Å². The van der Waals surface area contributed by atoms with Crippen LogP contribution in [-0.2, 0) is 19.1 Å². The number of nitrogens with one attached hydrogen (secondary N) is 1. The Balaban J connectivity index is -0.000000193. The minimum absolute atomic E-state index is 0.312. The number of carbonyl (C=O) groups is 2. The summed E-state index contributed by atoms with van der Waals surface area (Å²) in [4.78, 5) is 20.3. The lowest BCUT2D eigenvalue weighted by molar-refractivity contribution is -0.138. The normalized spacial score (nSPS) is 7.35. The Hall–Kier alpha value is -1.62. The van der Waals surface area contributed by atoms with Gasteiger partial charge in [-0.1, -0.05) is 13.2 Å². The third-order valence-corrected chi connectivity index (χ3v) is 0.992. The van der Waals surface area contributed by atoms with Gasteiger partial charge in [-0.25, -0.2) is 9.59 Å². The van der Waals surface area contributed by atoms with Crippen molar-refractivity contribution >= 4 is 11.9 Å². The van der Waals surface area contributed by atoms with Gasteiger partial charge in [0.2, 0.25) is 0 Å². The van der Waals surface area contributed by atoms with E-state index in [-0.39, 0.29) is 5.97 Å². The predicted molar refractivity (Wildman–Crippen MR) is 68.6 cm³/mol. The summed E-state index contributed by atoms with van der Waals surface area (Å²) in [7, 11) is 5.06. The fraction of sp³-hybridized carbons (Fsp3) is 0.500. The zero-order valence-corrected chi connectivity index (χ0v) is 11.3. The van der Waals surface area contributed by atoms with E-state index in [9.17, 15) is 9.59 Å². The maximum Gasteiger partial charge on any atom is 0.333 e. The summed E-state index contributed by atoms with van der Waals surface area (Å²) in [6.07, 6.45) is 1.11. The van der Waals surface area contributed by atoms with E-state index in [4.69, 9.17) is 0 Å². The summed E-state index contributed by atoms with van der Waals surface area (Å²) in [6, 6.07) is 0. The molecule has 0 aromatic rings. The van der Waals surface area contributed by atoms with Crippen molar-refractivity contribution in [3.8, 4) is 0 Å². The summed E-state index contributed by atoms with van der Waals surface area (Å²) in [5.41, 5.74) is 0.451. The predicted octanol–water partition coefficient (Wildman–Crippen LogP) is 1.31. The SMILES string of the molecule is C=C(C)C(=O)OCC.C=CC(=O)OC.CNC. The maximum absolute atomic E-state index is 10.4. The van der Waals surface area contributed by atoms with Crippen molar-refractivity contribution in [2.24, 2.45) is 0 Å². The standard InChI is InChI=1S/C6H10O2.C4H6O2.C2H7N/c1-4-8-6(7)5(2)3;1-3-4(5)6-2;1-3-2/h2,4H2,1,3H3;3H,1H2,2H3;3H,1-2H3. The maximum atomic E-state index is 10.4. The van der Waals surface area contributed by atoms with Crippen molar-refractivity contribution in [2.75, 3.05) is 27.8 Å². The van der Waals surface area contributed by atoms with Gasteiger partial charge >= 0.3 is 11.9 Å². The largest absolute Gasteiger partial charge is 0.466 e. The number of rotatable bonds is 3. The van der Waals surface area contributed by atoms with E-state index in [1.165, 1.54) is 7.11 Å². The van der Waals surface area contributed by atoms with Crippen LogP contribution in [0.5, 0.6) is 0 Å². The number of hydrogen-bond acceptors (Lipinski definition) is 5. The minimum Gasteiger partial charge on any atom is -0.466 e. The zero-order chi connectivity index (χ0) is 14.3. The molecular formula is C12H23NO4. The van der Waals surface area contributed by atoms with Gasteiger partial charge in [-0.15, -0.1) is 0 Å². The molecule has 0 aromatic heterocycles. The van der Waals surface area contributed by atoms with Crippen molar-refractivity contribution in [3.05, 3.63) is 24.8 Å². The Bertz CT molecular complexity index is 237. The molecule has 0 aliphatic rings. The quantitative estimate of drug-likeness (QED) is 0.600. The summed E-state index contributed by atoms with van der Waals surface area (Å²) in [6.45, 7) is 10.4. The molecule has 0 atom stereocenters. The number of esters is 2. The monoisotopic (exact) mass is 245 g/mol. The molecule has 0 aliphatic heterocycles. The molecule has 0 fully saturated rings. The number of hydrogen-bond donors (Lipinski definition) is 1. The second-order valence-corrected chi connectivity index (χ2v) is 2.73. The van der Waals surface area contributed by atoms with Crippen molar-refractivity contribution in [1.82, 2.24) is 5.32 Å². The lowest BCUT2D eigenvalue weighted by atomic mass is 10.4. The fourth-order valence-corrected chi connectivity index (χ4v) is 0.338. The third kappa shape index (κ3) is 25.0. The van der Waals surface area contributed by atoms with Gasteiger partial charge < -0.3 is 14.8 Å². The first-order valence-corrected chi connectivity index (χ1v) is 5.02. The van der Waals surface area contributed by atoms with Crippen LogP contribution in [0.2, 0.25) is 0 Å². The zero-order valence-electron chi connectivity index (χ0n) is 11.3. The third-order valence-electron chi connectivity index (χ3n) is 0.992. The van der Waals surface area contributed by atoms with Crippen LogP contribution in [0.3, 0.4) is 0 Å². The van der Waals surface area contributed by atoms with Crippen molar-refractivity contribution < 1.29 is 19.1 Å². The van der Waals surface area contributed by atoms with Crippen LogP contribution in [0.15, 0.2) is 24.8 Å². The molecule has 1 N–H and O–H groups in total. The van der Waals surface area contributed by atoms with Crippen LogP contribution >= 0.6 is 0 Å². The molecule has 17 heavy (non-hydrogen) atoms. The molecule has 5 nitrogen and oxygen atoms in total. The molecule has 0 unspecified atom stereocenters. The van der Waals surface area contributed by atoms with Crippen LogP contribution in [0.25, 0.3) is 0 Å². The molecule has 0 bridgehead atoms. The number of carbonyl (C=O) groups excluding carboxylic acids is 2. The van der Waals surface area contributed by atoms with E-state index in [2.05, 4.69) is 27.9 Å². The van der Waals surface area contributed by atoms with Crippen LogP contribution in [-0.4, -0.2) is 39.8 Å². The lowest BCUT2D eigenvalue weighted by Crippen LogP contribution is -2.03. The van der Waals surface area contributed by atoms with Gasteiger partial charge in [-0.05, 0) is 27.9 Å². The Morgan fingerprint density at radius 3 is 1.82 bits per heavy atom. The Morgan fingerprint density at radius 1 is 1.35 bits per heavy atom. The van der Waals surface area contributed by atoms with E-state index in [1.54, 1.807) is 13.8 Å². The van der Waals surface area contributed by atoms with Gasteiger partial charge in [0, 0.05) is 11.6 Å². The highest BCUT2D eigenvalue weighted by Crippen LogP contribution is 1.89. The van der Waals surface area contributed by atoms with Gasteiger partial charge in [0.15, 0.2) is 0 Å². The molecule has 0 amide bonds. The average Bonchev–Trinajstić information content (AvgIpc) is 2.30. The fourth-order valence-electron chi connectivity index (χ4n) is 0.338. The van der Waals surface area contributed by atoms with Gasteiger partial charge in [-0.3, -0.25) is 0 Å². The molecule has 5 heteroatoms. The van der Waals surface area contributed by atoms with Gasteiger partial charge in [0.05, 0.1) is 13.7 Å². The molecule has 0 rings (SSSR count). The van der Waals surface area contributed by atoms with Gasteiger partial charge in [0.25, 0.3) is 0 Å².